The van der Waals surface area contributed by atoms with E-state index in [0.717, 1.165) is 9.87 Å². The van der Waals surface area contributed by atoms with Gasteiger partial charge in [-0.3, -0.25) is 13.9 Å². The second-order valence-electron chi connectivity index (χ2n) is 9.06. The molecule has 0 aliphatic carbocycles. The fourth-order valence-electron chi connectivity index (χ4n) is 3.89. The van der Waals surface area contributed by atoms with Crippen molar-refractivity contribution in [2.24, 2.45) is 0 Å². The van der Waals surface area contributed by atoms with Crippen LogP contribution >= 0.6 is 23.2 Å². The molecule has 3 aromatic carbocycles. The largest absolute Gasteiger partial charge is 0.352 e. The minimum atomic E-state index is -4.21. The Morgan fingerprint density at radius 3 is 2.08 bits per heavy atom. The summed E-state index contributed by atoms with van der Waals surface area (Å²) in [6.07, 6.45) is 0.481. The molecule has 0 spiro atoms. The predicted molar refractivity (Wildman–Crippen MR) is 152 cm³/mol. The van der Waals surface area contributed by atoms with Crippen molar-refractivity contribution in [1.29, 1.82) is 0 Å². The van der Waals surface area contributed by atoms with E-state index in [1.54, 1.807) is 31.2 Å². The van der Waals surface area contributed by atoms with Crippen molar-refractivity contribution in [3.8, 4) is 0 Å². The Hall–Kier alpha value is -3.07. The maximum Gasteiger partial charge on any atom is 0.264 e. The van der Waals surface area contributed by atoms with E-state index in [0.29, 0.717) is 6.42 Å². The number of anilines is 1. The van der Waals surface area contributed by atoms with Gasteiger partial charge < -0.3 is 10.2 Å². The van der Waals surface area contributed by atoms with Gasteiger partial charge in [0.25, 0.3) is 10.0 Å². The molecule has 0 aliphatic rings. The average Bonchev–Trinajstić information content (AvgIpc) is 2.89. The molecule has 0 heterocycles. The summed E-state index contributed by atoms with van der Waals surface area (Å²) in [6.45, 7) is 4.92. The molecule has 0 bridgehead atoms. The SMILES string of the molecule is CC(C)NC(=O)[C@@H](C)N(CCc1ccccc1)C(=O)CN(c1cccc(Cl)c1Cl)S(=O)(=O)c1ccccc1. The number of hydrogen-bond acceptors (Lipinski definition) is 4. The molecular formula is C28H31Cl2N3O4S. The highest BCUT2D eigenvalue weighted by Crippen LogP contribution is 2.35. The Labute approximate surface area is 234 Å². The molecule has 0 unspecified atom stereocenters. The fourth-order valence-corrected chi connectivity index (χ4v) is 5.79. The first kappa shape index (κ1) is 29.5. The number of sulfonamides is 1. The molecule has 202 valence electrons. The first-order valence-corrected chi connectivity index (χ1v) is 14.4. The van der Waals surface area contributed by atoms with Gasteiger partial charge in [0.2, 0.25) is 11.8 Å². The molecule has 0 aliphatic heterocycles. The van der Waals surface area contributed by atoms with E-state index in [-0.39, 0.29) is 39.1 Å². The number of hydrogen-bond donors (Lipinski definition) is 1. The van der Waals surface area contributed by atoms with Crippen LogP contribution in [0.25, 0.3) is 0 Å². The van der Waals surface area contributed by atoms with Crippen molar-refractivity contribution in [3.63, 3.8) is 0 Å². The molecule has 0 saturated heterocycles. The molecule has 0 fully saturated rings. The minimum absolute atomic E-state index is 0.00269. The van der Waals surface area contributed by atoms with Crippen LogP contribution in [0, 0.1) is 0 Å². The van der Waals surface area contributed by atoms with Crippen LogP contribution in [0.5, 0.6) is 0 Å². The number of amides is 2. The first-order valence-electron chi connectivity index (χ1n) is 12.2. The van der Waals surface area contributed by atoms with Crippen LogP contribution in [-0.2, 0) is 26.0 Å². The van der Waals surface area contributed by atoms with E-state index in [1.165, 1.54) is 29.2 Å². The predicted octanol–water partition coefficient (Wildman–Crippen LogP) is 5.17. The summed E-state index contributed by atoms with van der Waals surface area (Å²) in [5.41, 5.74) is 1.05. The molecule has 10 heteroatoms. The molecule has 0 radical (unpaired) electrons. The van der Waals surface area contributed by atoms with E-state index in [4.69, 9.17) is 23.2 Å². The first-order chi connectivity index (χ1) is 18.0. The van der Waals surface area contributed by atoms with Crippen LogP contribution in [0.3, 0.4) is 0 Å². The fraction of sp³-hybridized carbons (Fsp3) is 0.286. The van der Waals surface area contributed by atoms with Crippen LogP contribution in [0.4, 0.5) is 5.69 Å². The molecule has 3 aromatic rings. The third-order valence-electron chi connectivity index (χ3n) is 5.89. The quantitative estimate of drug-likeness (QED) is 0.341. The van der Waals surface area contributed by atoms with Gasteiger partial charge in [-0.2, -0.15) is 0 Å². The number of halogens is 2. The number of carbonyl (C=O) groups is 2. The lowest BCUT2D eigenvalue weighted by atomic mass is 10.1. The zero-order valence-electron chi connectivity index (χ0n) is 21.5. The Morgan fingerprint density at radius 2 is 1.47 bits per heavy atom. The summed E-state index contributed by atoms with van der Waals surface area (Å²) in [4.78, 5) is 28.1. The van der Waals surface area contributed by atoms with Gasteiger partial charge in [0, 0.05) is 12.6 Å². The number of nitrogens with zero attached hydrogens (tertiary/aromatic N) is 2. The molecule has 3 rings (SSSR count). The van der Waals surface area contributed by atoms with Crippen LogP contribution in [0.2, 0.25) is 10.0 Å². The Bertz CT molecular complexity index is 1350. The van der Waals surface area contributed by atoms with Gasteiger partial charge in [0.05, 0.1) is 20.6 Å². The summed E-state index contributed by atoms with van der Waals surface area (Å²) in [5, 5.41) is 2.98. The summed E-state index contributed by atoms with van der Waals surface area (Å²) >= 11 is 12.6. The molecule has 0 aromatic heterocycles. The van der Waals surface area contributed by atoms with Crippen LogP contribution in [-0.4, -0.2) is 50.3 Å². The van der Waals surface area contributed by atoms with Crippen molar-refractivity contribution in [3.05, 3.63) is 94.5 Å². The van der Waals surface area contributed by atoms with Crippen molar-refractivity contribution >= 4 is 50.7 Å². The monoisotopic (exact) mass is 575 g/mol. The minimum Gasteiger partial charge on any atom is -0.352 e. The second kappa shape index (κ2) is 13.1. The normalized spacial score (nSPS) is 12.2. The standard InChI is InChI=1S/C28H31Cl2N3O4S/c1-20(2)31-28(35)21(3)32(18-17-22-11-6-4-7-12-22)26(34)19-33(25-16-10-15-24(29)27(25)30)38(36,37)23-13-8-5-9-14-23/h4-16,20-21H,17-19H2,1-3H3,(H,31,35)/t21-/m1/s1. The maximum absolute atomic E-state index is 13.8. The third kappa shape index (κ3) is 7.28. The lowest BCUT2D eigenvalue weighted by Crippen LogP contribution is -2.53. The third-order valence-corrected chi connectivity index (χ3v) is 8.48. The van der Waals surface area contributed by atoms with E-state index in [1.807, 2.05) is 44.2 Å². The Balaban J connectivity index is 2.01. The zero-order valence-corrected chi connectivity index (χ0v) is 23.8. The number of rotatable bonds is 11. The molecule has 2 amide bonds. The van der Waals surface area contributed by atoms with Gasteiger partial charge in [0.15, 0.2) is 0 Å². The van der Waals surface area contributed by atoms with Gasteiger partial charge >= 0.3 is 0 Å². The van der Waals surface area contributed by atoms with Crippen LogP contribution < -0.4 is 9.62 Å². The second-order valence-corrected chi connectivity index (χ2v) is 11.7. The number of carbonyl (C=O) groups excluding carboxylic acids is 2. The molecule has 7 nitrogen and oxygen atoms in total. The van der Waals surface area contributed by atoms with Gasteiger partial charge in [0.1, 0.15) is 12.6 Å². The van der Waals surface area contributed by atoms with E-state index < -0.39 is 28.5 Å². The van der Waals surface area contributed by atoms with Gasteiger partial charge in [-0.1, -0.05) is 77.8 Å². The highest BCUT2D eigenvalue weighted by Gasteiger charge is 2.33. The summed E-state index contributed by atoms with van der Waals surface area (Å²) in [6, 6.07) is 20.9. The smallest absolute Gasteiger partial charge is 0.264 e. The van der Waals surface area contributed by atoms with Crippen molar-refractivity contribution < 1.29 is 18.0 Å². The topological polar surface area (TPSA) is 86.8 Å². The summed E-state index contributed by atoms with van der Waals surface area (Å²) in [7, 11) is -4.21. The van der Waals surface area contributed by atoms with Gasteiger partial charge in [-0.15, -0.1) is 0 Å². The Kier molecular flexibility index (Phi) is 10.2. The van der Waals surface area contributed by atoms with Crippen LogP contribution in [0.15, 0.2) is 83.8 Å². The van der Waals surface area contributed by atoms with Crippen molar-refractivity contribution in [2.45, 2.75) is 44.2 Å². The molecule has 0 saturated carbocycles. The summed E-state index contributed by atoms with van der Waals surface area (Å²) < 4.78 is 28.5. The average molecular weight is 577 g/mol. The molecule has 1 atom stereocenters. The molecule has 1 N–H and O–H groups in total. The number of benzene rings is 3. The lowest BCUT2D eigenvalue weighted by Gasteiger charge is -2.32. The van der Waals surface area contributed by atoms with Crippen molar-refractivity contribution in [1.82, 2.24) is 10.2 Å². The summed E-state index contributed by atoms with van der Waals surface area (Å²) in [5.74, 6) is -0.887. The van der Waals surface area contributed by atoms with E-state index >= 15 is 0 Å². The number of nitrogens with one attached hydrogen (secondary N) is 1. The Morgan fingerprint density at radius 1 is 0.868 bits per heavy atom. The molecular weight excluding hydrogens is 545 g/mol. The zero-order chi connectivity index (χ0) is 27.9. The highest BCUT2D eigenvalue weighted by molar-refractivity contribution is 7.92. The lowest BCUT2D eigenvalue weighted by molar-refractivity contribution is -0.139. The van der Waals surface area contributed by atoms with E-state index in [2.05, 4.69) is 5.32 Å². The van der Waals surface area contributed by atoms with Crippen LogP contribution in [0.1, 0.15) is 26.3 Å². The van der Waals surface area contributed by atoms with Crippen molar-refractivity contribution in [2.75, 3.05) is 17.4 Å². The highest BCUT2D eigenvalue weighted by atomic mass is 35.5. The maximum atomic E-state index is 13.8. The van der Waals surface area contributed by atoms with E-state index in [9.17, 15) is 18.0 Å². The molecule has 38 heavy (non-hydrogen) atoms. The van der Waals surface area contributed by atoms with Gasteiger partial charge in [-0.25, -0.2) is 8.42 Å². The van der Waals surface area contributed by atoms with Gasteiger partial charge in [-0.05, 0) is 57.0 Å².